The molecule has 0 aliphatic rings. The fourth-order valence-corrected chi connectivity index (χ4v) is 7.69. The topological polar surface area (TPSA) is 44.2 Å². The first-order valence-electron chi connectivity index (χ1n) is 11.4. The first kappa shape index (κ1) is 26.2. The summed E-state index contributed by atoms with van der Waals surface area (Å²) in [5.41, 5.74) is 3.37. The van der Waals surface area contributed by atoms with Crippen LogP contribution in [0.3, 0.4) is 0 Å². The minimum absolute atomic E-state index is 0.320. The minimum Gasteiger partial charge on any atom is -0.497 e. The van der Waals surface area contributed by atoms with Crippen LogP contribution >= 0.6 is 57.6 Å². The second-order valence-corrected chi connectivity index (χ2v) is 11.8. The fraction of sp³-hybridized carbons (Fsp3) is 0.0714. The Balaban J connectivity index is 1.44. The number of fused-ring (bicyclic) bond motifs is 1. The Kier molecular flexibility index (Phi) is 7.03. The molecule has 11 heteroatoms. The molecule has 3 aromatic carbocycles. The highest BCUT2D eigenvalue weighted by Gasteiger charge is 2.25. The average molecular weight is 618 g/mol. The van der Waals surface area contributed by atoms with Gasteiger partial charge in [-0.25, -0.2) is 8.78 Å². The predicted octanol–water partition coefficient (Wildman–Crippen LogP) is 10.1. The first-order chi connectivity index (χ1) is 18.9. The van der Waals surface area contributed by atoms with E-state index >= 15 is 0 Å². The van der Waals surface area contributed by atoms with Gasteiger partial charge in [0.1, 0.15) is 34.2 Å². The summed E-state index contributed by atoms with van der Waals surface area (Å²) >= 11 is 17.6. The fourth-order valence-electron chi connectivity index (χ4n) is 4.27. The lowest BCUT2D eigenvalue weighted by atomic mass is 10.1. The highest BCUT2D eigenvalue weighted by molar-refractivity contribution is 7.19. The molecule has 0 fully saturated rings. The molecule has 196 valence electrons. The van der Waals surface area contributed by atoms with E-state index in [1.54, 1.807) is 24.3 Å². The molecule has 0 atom stereocenters. The van der Waals surface area contributed by atoms with Gasteiger partial charge in [-0.15, -0.1) is 22.7 Å². The smallest absolute Gasteiger partial charge is 0.135 e. The van der Waals surface area contributed by atoms with Crippen molar-refractivity contribution in [3.8, 4) is 53.3 Å². The van der Waals surface area contributed by atoms with Gasteiger partial charge in [0.05, 0.1) is 36.0 Å². The van der Waals surface area contributed by atoms with Gasteiger partial charge in [0.15, 0.2) is 0 Å². The molecule has 39 heavy (non-hydrogen) atoms. The molecule has 3 heterocycles. The van der Waals surface area contributed by atoms with Crippen molar-refractivity contribution in [2.24, 2.45) is 0 Å². The second kappa shape index (κ2) is 10.5. The third-order valence-corrected chi connectivity index (χ3v) is 9.84. The number of thiophene rings is 2. The molecule has 0 bridgehead atoms. The maximum absolute atomic E-state index is 14.7. The van der Waals surface area contributed by atoms with Crippen LogP contribution in [-0.2, 0) is 0 Å². The predicted molar refractivity (Wildman–Crippen MR) is 158 cm³/mol. The molecule has 6 aromatic rings. The normalized spacial score (nSPS) is 11.3. The van der Waals surface area contributed by atoms with Gasteiger partial charge in [0.25, 0.3) is 0 Å². The number of hydrogen-bond donors (Lipinski definition) is 0. The molecular weight excluding hydrogens is 601 g/mol. The highest BCUT2D eigenvalue weighted by Crippen LogP contribution is 2.50. The number of ether oxygens (including phenoxy) is 2. The van der Waals surface area contributed by atoms with E-state index in [0.717, 1.165) is 31.2 Å². The zero-order chi connectivity index (χ0) is 27.3. The molecule has 0 N–H and O–H groups in total. The molecule has 0 unspecified atom stereocenters. The zero-order valence-corrected chi connectivity index (χ0v) is 24.2. The highest BCUT2D eigenvalue weighted by atomic mass is 35.5. The second-order valence-electron chi connectivity index (χ2n) is 8.36. The summed E-state index contributed by atoms with van der Waals surface area (Å²) in [4.78, 5) is 3.01. The zero-order valence-electron chi connectivity index (χ0n) is 20.2. The van der Waals surface area contributed by atoms with Crippen molar-refractivity contribution in [2.75, 3.05) is 14.2 Å². The molecule has 0 saturated carbocycles. The van der Waals surface area contributed by atoms with Crippen LogP contribution in [-0.4, -0.2) is 23.0 Å². The van der Waals surface area contributed by atoms with Gasteiger partial charge in [-0.1, -0.05) is 23.2 Å². The van der Waals surface area contributed by atoms with Crippen molar-refractivity contribution in [3.05, 3.63) is 82.3 Å². The quantitative estimate of drug-likeness (QED) is 0.187. The number of rotatable bonds is 6. The first-order valence-corrected chi connectivity index (χ1v) is 14.5. The Morgan fingerprint density at radius 2 is 1.03 bits per heavy atom. The monoisotopic (exact) mass is 616 g/mol. The van der Waals surface area contributed by atoms with Crippen molar-refractivity contribution in [3.63, 3.8) is 0 Å². The van der Waals surface area contributed by atoms with Crippen LogP contribution in [0.1, 0.15) is 0 Å². The number of halogens is 4. The van der Waals surface area contributed by atoms with Crippen molar-refractivity contribution >= 4 is 68.6 Å². The third-order valence-electron chi connectivity index (χ3n) is 6.18. The van der Waals surface area contributed by atoms with Crippen LogP contribution < -0.4 is 9.47 Å². The summed E-state index contributed by atoms with van der Waals surface area (Å²) in [5, 5.41) is 0.641. The van der Waals surface area contributed by atoms with E-state index < -0.39 is 0 Å². The van der Waals surface area contributed by atoms with Crippen molar-refractivity contribution in [2.45, 2.75) is 0 Å². The number of benzene rings is 3. The molecule has 0 aliphatic heterocycles. The molecule has 4 nitrogen and oxygen atoms in total. The molecular formula is C28H16Cl2F2N2O2S3. The lowest BCUT2D eigenvalue weighted by molar-refractivity contribution is 0.411. The Hall–Kier alpha value is -3.08. The number of methoxy groups -OCH3 is 2. The summed E-state index contributed by atoms with van der Waals surface area (Å²) in [5.74, 6) is 0.120. The largest absolute Gasteiger partial charge is 0.497 e. The maximum Gasteiger partial charge on any atom is 0.135 e. The van der Waals surface area contributed by atoms with Gasteiger partial charge in [0, 0.05) is 53.9 Å². The standard InChI is InChI=1S/C28H16Cl2F2N2O2S3/c1-35-13-3-5-15(17(31)11-13)19-7-9-21(37-19)23-25(29)26(30)24(28-27(23)33-39-34-28)22-10-8-20(38-22)16-6-4-14(36-2)12-18(16)32/h3-12H,1-2H3. The van der Waals surface area contributed by atoms with E-state index in [1.165, 1.54) is 49.0 Å². The lowest BCUT2D eigenvalue weighted by Gasteiger charge is -2.10. The molecule has 0 radical (unpaired) electrons. The number of hydrogen-bond acceptors (Lipinski definition) is 7. The van der Waals surface area contributed by atoms with Crippen LogP contribution in [0.4, 0.5) is 8.78 Å². The van der Waals surface area contributed by atoms with Crippen molar-refractivity contribution in [1.82, 2.24) is 8.75 Å². The van der Waals surface area contributed by atoms with E-state index in [0.29, 0.717) is 54.8 Å². The molecule has 6 rings (SSSR count). The van der Waals surface area contributed by atoms with Gasteiger partial charge >= 0.3 is 0 Å². The van der Waals surface area contributed by atoms with Gasteiger partial charge in [-0.3, -0.25) is 0 Å². The van der Waals surface area contributed by atoms with E-state index in [9.17, 15) is 8.78 Å². The Morgan fingerprint density at radius 1 is 0.615 bits per heavy atom. The molecule has 3 aromatic heterocycles. The summed E-state index contributed by atoms with van der Waals surface area (Å²) in [6.45, 7) is 0. The number of aromatic nitrogens is 2. The number of nitrogens with zero attached hydrogens (tertiary/aromatic N) is 2. The molecule has 0 saturated heterocycles. The van der Waals surface area contributed by atoms with Crippen molar-refractivity contribution < 1.29 is 18.3 Å². The van der Waals surface area contributed by atoms with Gasteiger partial charge in [-0.05, 0) is 48.5 Å². The summed E-state index contributed by atoms with van der Waals surface area (Å²) < 4.78 is 48.8. The van der Waals surface area contributed by atoms with Crippen molar-refractivity contribution in [1.29, 1.82) is 0 Å². The van der Waals surface area contributed by atoms with Gasteiger partial charge < -0.3 is 9.47 Å². The van der Waals surface area contributed by atoms with E-state index in [4.69, 9.17) is 32.7 Å². The lowest BCUT2D eigenvalue weighted by Crippen LogP contribution is -1.87. The van der Waals surface area contributed by atoms with Crippen LogP contribution in [0.5, 0.6) is 11.5 Å². The van der Waals surface area contributed by atoms with Crippen LogP contribution in [0.25, 0.3) is 52.8 Å². The maximum atomic E-state index is 14.7. The third kappa shape index (κ3) is 4.58. The van der Waals surface area contributed by atoms with Gasteiger partial charge in [-0.2, -0.15) is 8.75 Å². The Morgan fingerprint density at radius 3 is 1.41 bits per heavy atom. The SMILES string of the molecule is COc1ccc(-c2ccc(-c3c(Cl)c(Cl)c(-c4ccc(-c5ccc(OC)cc5F)s4)c4nsnc34)s2)c(F)c1. The summed E-state index contributed by atoms with van der Waals surface area (Å²) in [7, 11) is 2.99. The summed E-state index contributed by atoms with van der Waals surface area (Å²) in [6.07, 6.45) is 0. The van der Waals surface area contributed by atoms with Crippen LogP contribution in [0.15, 0.2) is 60.7 Å². The average Bonchev–Trinajstić information content (AvgIpc) is 3.71. The van der Waals surface area contributed by atoms with E-state index in [1.807, 2.05) is 24.3 Å². The molecule has 0 aliphatic carbocycles. The van der Waals surface area contributed by atoms with E-state index in [-0.39, 0.29) is 11.6 Å². The minimum atomic E-state index is -0.385. The summed E-state index contributed by atoms with van der Waals surface area (Å²) in [6, 6.07) is 16.9. The van der Waals surface area contributed by atoms with E-state index in [2.05, 4.69) is 8.75 Å². The Bertz CT molecular complexity index is 1730. The van der Waals surface area contributed by atoms with Crippen LogP contribution in [0, 0.1) is 11.6 Å². The molecule has 0 spiro atoms. The van der Waals surface area contributed by atoms with Gasteiger partial charge in [0.2, 0.25) is 0 Å². The Labute approximate surface area is 244 Å². The molecule has 0 amide bonds. The van der Waals surface area contributed by atoms with Crippen LogP contribution in [0.2, 0.25) is 10.0 Å².